The van der Waals surface area contributed by atoms with Crippen LogP contribution < -0.4 is 19.7 Å². The molecule has 1 atom stereocenters. The second-order valence-corrected chi connectivity index (χ2v) is 7.85. The van der Waals surface area contributed by atoms with Crippen molar-refractivity contribution >= 4 is 46.9 Å². The monoisotopic (exact) mass is 468 g/mol. The highest BCUT2D eigenvalue weighted by atomic mass is 32.1. The van der Waals surface area contributed by atoms with Crippen LogP contribution >= 0.6 is 12.2 Å². The SMILES string of the molecule is CCOc1cc(C=C2C(=O)NC(=S)N(c3ccc(C)c(C)c3)C2=O)ccc1OC(C)C(=O)O. The quantitative estimate of drug-likeness (QED) is 0.365. The Morgan fingerprint density at radius 2 is 1.88 bits per heavy atom. The van der Waals surface area contributed by atoms with Crippen LogP contribution in [0.25, 0.3) is 6.08 Å². The smallest absolute Gasteiger partial charge is 0.344 e. The van der Waals surface area contributed by atoms with Crippen LogP contribution in [0.1, 0.15) is 30.5 Å². The van der Waals surface area contributed by atoms with Gasteiger partial charge in [0.05, 0.1) is 12.3 Å². The summed E-state index contributed by atoms with van der Waals surface area (Å²) in [5.41, 5.74) is 3.01. The van der Waals surface area contributed by atoms with Crippen LogP contribution in [-0.2, 0) is 14.4 Å². The molecule has 1 saturated heterocycles. The highest BCUT2D eigenvalue weighted by Gasteiger charge is 2.34. The zero-order valence-corrected chi connectivity index (χ0v) is 19.5. The normalized spacial score (nSPS) is 15.9. The Labute approximate surface area is 196 Å². The Morgan fingerprint density at radius 1 is 1.15 bits per heavy atom. The third kappa shape index (κ3) is 5.20. The maximum atomic E-state index is 13.2. The van der Waals surface area contributed by atoms with Crippen LogP contribution in [0.3, 0.4) is 0 Å². The van der Waals surface area contributed by atoms with E-state index >= 15 is 0 Å². The van der Waals surface area contributed by atoms with E-state index in [9.17, 15) is 14.4 Å². The molecule has 1 unspecified atom stereocenters. The van der Waals surface area contributed by atoms with Crippen LogP contribution in [0.2, 0.25) is 0 Å². The first-order chi connectivity index (χ1) is 15.6. The largest absolute Gasteiger partial charge is 0.490 e. The van der Waals surface area contributed by atoms with Gasteiger partial charge in [-0.05, 0) is 86.9 Å². The predicted octanol–water partition coefficient (Wildman–Crippen LogP) is 3.39. The molecule has 0 spiro atoms. The molecular formula is C24H24N2O6S. The average Bonchev–Trinajstić information content (AvgIpc) is 2.75. The van der Waals surface area contributed by atoms with Crippen molar-refractivity contribution in [3.63, 3.8) is 0 Å². The molecule has 3 rings (SSSR count). The van der Waals surface area contributed by atoms with Gasteiger partial charge >= 0.3 is 5.97 Å². The van der Waals surface area contributed by atoms with E-state index in [4.69, 9.17) is 26.8 Å². The highest BCUT2D eigenvalue weighted by molar-refractivity contribution is 7.80. The third-order valence-corrected chi connectivity index (χ3v) is 5.37. The third-order valence-electron chi connectivity index (χ3n) is 5.08. The van der Waals surface area contributed by atoms with Crippen molar-refractivity contribution in [3.05, 3.63) is 58.7 Å². The first-order valence-electron chi connectivity index (χ1n) is 10.3. The number of carbonyl (C=O) groups is 3. The number of aryl methyl sites for hydroxylation is 2. The van der Waals surface area contributed by atoms with Gasteiger partial charge in [0.15, 0.2) is 22.7 Å². The molecule has 2 amide bonds. The summed E-state index contributed by atoms with van der Waals surface area (Å²) >= 11 is 5.25. The van der Waals surface area contributed by atoms with Crippen molar-refractivity contribution in [2.75, 3.05) is 11.5 Å². The molecule has 0 bridgehead atoms. The number of benzene rings is 2. The number of carboxylic acid groups (broad SMARTS) is 1. The number of hydrogen-bond donors (Lipinski definition) is 2. The van der Waals surface area contributed by atoms with E-state index in [-0.39, 0.29) is 16.4 Å². The van der Waals surface area contributed by atoms with Gasteiger partial charge in [-0.25, -0.2) is 4.79 Å². The van der Waals surface area contributed by atoms with Crippen molar-refractivity contribution in [3.8, 4) is 11.5 Å². The number of aliphatic carboxylic acids is 1. The molecule has 9 heteroatoms. The summed E-state index contributed by atoms with van der Waals surface area (Å²) in [5.74, 6) is -1.74. The number of nitrogens with one attached hydrogen (secondary N) is 1. The Bertz CT molecular complexity index is 1170. The van der Waals surface area contributed by atoms with Gasteiger partial charge in [-0.1, -0.05) is 12.1 Å². The Kier molecular flexibility index (Phi) is 7.13. The molecule has 1 fully saturated rings. The van der Waals surface area contributed by atoms with Crippen LogP contribution in [0.15, 0.2) is 42.0 Å². The fourth-order valence-electron chi connectivity index (χ4n) is 3.14. The van der Waals surface area contributed by atoms with Gasteiger partial charge < -0.3 is 14.6 Å². The Hall–Kier alpha value is -3.72. The Morgan fingerprint density at radius 3 is 2.52 bits per heavy atom. The first-order valence-corrected chi connectivity index (χ1v) is 10.7. The summed E-state index contributed by atoms with van der Waals surface area (Å²) in [7, 11) is 0. The Balaban J connectivity index is 1.98. The number of rotatable bonds is 7. The average molecular weight is 469 g/mol. The lowest BCUT2D eigenvalue weighted by Crippen LogP contribution is -2.54. The van der Waals surface area contributed by atoms with Crippen molar-refractivity contribution in [1.29, 1.82) is 0 Å². The number of carboxylic acids is 1. The fourth-order valence-corrected chi connectivity index (χ4v) is 3.43. The molecular weight excluding hydrogens is 444 g/mol. The molecule has 2 aromatic carbocycles. The molecule has 1 heterocycles. The van der Waals surface area contributed by atoms with E-state index in [0.29, 0.717) is 23.6 Å². The number of amides is 2. The molecule has 2 aromatic rings. The van der Waals surface area contributed by atoms with Crippen LogP contribution in [0, 0.1) is 13.8 Å². The van der Waals surface area contributed by atoms with Crippen molar-refractivity contribution in [2.24, 2.45) is 0 Å². The van der Waals surface area contributed by atoms with Gasteiger partial charge in [-0.3, -0.25) is 19.8 Å². The minimum Gasteiger partial charge on any atom is -0.490 e. The second kappa shape index (κ2) is 9.83. The number of nitrogens with zero attached hydrogens (tertiary/aromatic N) is 1. The van der Waals surface area contributed by atoms with E-state index in [0.717, 1.165) is 11.1 Å². The molecule has 8 nitrogen and oxygen atoms in total. The van der Waals surface area contributed by atoms with E-state index in [1.54, 1.807) is 25.1 Å². The van der Waals surface area contributed by atoms with Crippen molar-refractivity contribution < 1.29 is 29.0 Å². The summed E-state index contributed by atoms with van der Waals surface area (Å²) in [4.78, 5) is 38.2. The van der Waals surface area contributed by atoms with E-state index < -0.39 is 23.9 Å². The van der Waals surface area contributed by atoms with Crippen LogP contribution in [0.4, 0.5) is 5.69 Å². The van der Waals surface area contributed by atoms with E-state index in [1.165, 1.54) is 24.0 Å². The first kappa shape index (κ1) is 23.9. The molecule has 0 aromatic heterocycles. The zero-order valence-electron chi connectivity index (χ0n) is 18.7. The summed E-state index contributed by atoms with van der Waals surface area (Å²) in [6.07, 6.45) is 0.354. The molecule has 172 valence electrons. The van der Waals surface area contributed by atoms with Crippen LogP contribution in [0.5, 0.6) is 11.5 Å². The summed E-state index contributed by atoms with van der Waals surface area (Å²) in [6, 6.07) is 10.2. The summed E-state index contributed by atoms with van der Waals surface area (Å²) in [6.45, 7) is 7.38. The number of hydrogen-bond acceptors (Lipinski definition) is 6. The van der Waals surface area contributed by atoms with Gasteiger partial charge in [-0.15, -0.1) is 0 Å². The highest BCUT2D eigenvalue weighted by Crippen LogP contribution is 2.31. The number of carbonyl (C=O) groups excluding carboxylic acids is 2. The van der Waals surface area contributed by atoms with Crippen molar-refractivity contribution in [2.45, 2.75) is 33.8 Å². The van der Waals surface area contributed by atoms with Gasteiger partial charge in [0, 0.05) is 0 Å². The summed E-state index contributed by atoms with van der Waals surface area (Å²) in [5, 5.41) is 11.7. The maximum absolute atomic E-state index is 13.2. The van der Waals surface area contributed by atoms with Gasteiger partial charge in [-0.2, -0.15) is 0 Å². The lowest BCUT2D eigenvalue weighted by atomic mass is 10.0. The fraction of sp³-hybridized carbons (Fsp3) is 0.250. The maximum Gasteiger partial charge on any atom is 0.344 e. The molecule has 33 heavy (non-hydrogen) atoms. The topological polar surface area (TPSA) is 105 Å². The lowest BCUT2D eigenvalue weighted by Gasteiger charge is -2.29. The van der Waals surface area contributed by atoms with Gasteiger partial charge in [0.25, 0.3) is 11.8 Å². The minimum absolute atomic E-state index is 0.00631. The number of anilines is 1. The zero-order chi connectivity index (χ0) is 24.3. The lowest BCUT2D eigenvalue weighted by molar-refractivity contribution is -0.144. The van der Waals surface area contributed by atoms with E-state index in [1.807, 2.05) is 26.0 Å². The predicted molar refractivity (Wildman–Crippen MR) is 127 cm³/mol. The second-order valence-electron chi connectivity index (χ2n) is 7.46. The van der Waals surface area contributed by atoms with E-state index in [2.05, 4.69) is 5.32 Å². The number of ether oxygens (including phenoxy) is 2. The molecule has 2 N–H and O–H groups in total. The minimum atomic E-state index is -1.12. The molecule has 1 aliphatic rings. The standard InChI is InChI=1S/C24H24N2O6S/c1-5-31-20-12-16(7-9-19(20)32-15(4)23(29)30)11-18-21(27)25-24(33)26(22(18)28)17-8-6-13(2)14(3)10-17/h6-12,15H,5H2,1-4H3,(H,29,30)(H,25,27,33). The molecule has 1 aliphatic heterocycles. The molecule has 0 aliphatic carbocycles. The molecule has 0 radical (unpaired) electrons. The van der Waals surface area contributed by atoms with Crippen molar-refractivity contribution in [1.82, 2.24) is 5.32 Å². The summed E-state index contributed by atoms with van der Waals surface area (Å²) < 4.78 is 11.0. The van der Waals surface area contributed by atoms with Crippen LogP contribution in [-0.4, -0.2) is 40.7 Å². The van der Waals surface area contributed by atoms with Gasteiger partial charge in [0.1, 0.15) is 5.57 Å². The number of thiocarbonyl (C=S) groups is 1. The van der Waals surface area contributed by atoms with Gasteiger partial charge in [0.2, 0.25) is 0 Å². The molecule has 0 saturated carbocycles.